The second kappa shape index (κ2) is 23.3. The molecule has 3 fully saturated rings. The fourth-order valence-electron chi connectivity index (χ4n) is 10.2. The van der Waals surface area contributed by atoms with Crippen LogP contribution in [0.5, 0.6) is 0 Å². The van der Waals surface area contributed by atoms with Crippen LogP contribution < -0.4 is 9.88 Å². The van der Waals surface area contributed by atoms with E-state index in [0.29, 0.717) is 59.2 Å². The number of allylic oxidation sites excluding steroid dienone is 1. The van der Waals surface area contributed by atoms with Gasteiger partial charge in [0, 0.05) is 38.4 Å². The van der Waals surface area contributed by atoms with Gasteiger partial charge in [-0.25, -0.2) is 19.4 Å². The number of aliphatic imine (C=N–C) groups is 2. The molecule has 4 atom stereocenters. The third-order valence-corrected chi connectivity index (χ3v) is 12.6. The summed E-state index contributed by atoms with van der Waals surface area (Å²) in [6.45, 7) is 13.0. The van der Waals surface area contributed by atoms with Gasteiger partial charge in [-0.15, -0.1) is 0 Å². The molecule has 1 amide bonds. The third kappa shape index (κ3) is 12.8. The summed E-state index contributed by atoms with van der Waals surface area (Å²) in [5.74, 6) is -2.70. The molecule has 4 unspecified atom stereocenters. The first-order valence-corrected chi connectivity index (χ1v) is 22.8. The van der Waals surface area contributed by atoms with E-state index < -0.39 is 49.1 Å². The van der Waals surface area contributed by atoms with Crippen LogP contribution in [-0.2, 0) is 52.9 Å². The normalized spacial score (nSPS) is 25.7. The van der Waals surface area contributed by atoms with Crippen molar-refractivity contribution in [2.75, 3.05) is 24.7 Å². The first kappa shape index (κ1) is 52.2. The van der Waals surface area contributed by atoms with Crippen LogP contribution in [0.4, 0.5) is 5.82 Å². The molecule has 1 saturated heterocycles. The van der Waals surface area contributed by atoms with Crippen molar-refractivity contribution in [1.82, 2.24) is 4.98 Å². The van der Waals surface area contributed by atoms with Crippen LogP contribution in [0.25, 0.3) is 22.8 Å². The molecule has 7 rings (SSSR count). The van der Waals surface area contributed by atoms with Crippen molar-refractivity contribution in [2.24, 2.45) is 45.5 Å². The van der Waals surface area contributed by atoms with Gasteiger partial charge in [0.25, 0.3) is 5.97 Å². The van der Waals surface area contributed by atoms with Gasteiger partial charge < -0.3 is 39.4 Å². The number of aliphatic hydroxyl groups is 1. The molecular weight excluding hydrogens is 910 g/mol. The molecule has 16 heteroatoms. The number of aliphatic carboxylic acids is 2. The van der Waals surface area contributed by atoms with E-state index in [-0.39, 0.29) is 83.6 Å². The molecule has 2 aromatic carbocycles. The summed E-state index contributed by atoms with van der Waals surface area (Å²) in [7, 11) is 0. The number of carboxylic acids is 2. The van der Waals surface area contributed by atoms with Gasteiger partial charge in [0.05, 0.1) is 11.3 Å². The van der Waals surface area contributed by atoms with E-state index in [1.54, 1.807) is 11.0 Å². The maximum atomic E-state index is 14.8. The van der Waals surface area contributed by atoms with E-state index in [9.17, 15) is 24.3 Å². The molecule has 4 aliphatic rings. The van der Waals surface area contributed by atoms with Gasteiger partial charge in [0.2, 0.25) is 5.90 Å². The Kier molecular flexibility index (Phi) is 18.2. The van der Waals surface area contributed by atoms with Crippen LogP contribution in [-0.4, -0.2) is 88.8 Å². The van der Waals surface area contributed by atoms with Gasteiger partial charge in [0.15, 0.2) is 5.84 Å². The van der Waals surface area contributed by atoms with Crippen molar-refractivity contribution in [3.8, 4) is 11.1 Å². The zero-order valence-electron chi connectivity index (χ0n) is 39.4. The SMILES string of the molecule is CC(=O)O.CC1CC(C)C(OC(=O)C2=C(c3ccccc3)/C(=C/c3[n-]c(N4CCCC4=O)c(C(=O)OC4C(C)CC(C)CC4C)c3-c3ccccc3)N=C2N=C(O)COCC(=O)O)C(C)C1.[Zn]. The average molecular weight is 971 g/mol. The Morgan fingerprint density at radius 3 is 1.78 bits per heavy atom. The molecule has 3 aromatic rings. The topological polar surface area (TPSA) is 216 Å². The smallest absolute Gasteiger partial charge is 0.343 e. The Labute approximate surface area is 404 Å². The first-order valence-electron chi connectivity index (χ1n) is 22.8. The van der Waals surface area contributed by atoms with E-state index >= 15 is 0 Å². The molecule has 3 N–H and O–H groups in total. The maximum Gasteiger partial charge on any atom is 0.343 e. The Morgan fingerprint density at radius 1 is 0.776 bits per heavy atom. The third-order valence-electron chi connectivity index (χ3n) is 12.6. The van der Waals surface area contributed by atoms with Crippen molar-refractivity contribution < 1.29 is 73.0 Å². The molecule has 0 spiro atoms. The molecule has 354 valence electrons. The average Bonchev–Trinajstić information content (AvgIpc) is 3.95. The Hall–Kier alpha value is -5.73. The summed E-state index contributed by atoms with van der Waals surface area (Å²) in [5, 5.41) is 27.5. The molecule has 2 aliphatic carbocycles. The molecular formula is C51H61N4O11Zn-. The molecule has 0 bridgehead atoms. The largest absolute Gasteiger partial charge is 0.495 e. The second-order valence-corrected chi connectivity index (χ2v) is 18.4. The number of nitrogens with zero attached hydrogens (tertiary/aromatic N) is 4. The number of carboxylic acid groups (broad SMARTS) is 2. The number of aromatic nitrogens is 1. The number of amides is 1. The van der Waals surface area contributed by atoms with Crippen molar-refractivity contribution in [3.63, 3.8) is 0 Å². The summed E-state index contributed by atoms with van der Waals surface area (Å²) in [5.41, 5.74) is 2.73. The number of anilines is 1. The van der Waals surface area contributed by atoms with Crippen molar-refractivity contribution in [3.05, 3.63) is 88.8 Å². The Morgan fingerprint density at radius 2 is 1.28 bits per heavy atom. The summed E-state index contributed by atoms with van der Waals surface area (Å²) in [6, 6.07) is 18.4. The predicted octanol–water partition coefficient (Wildman–Crippen LogP) is 8.63. The van der Waals surface area contributed by atoms with Gasteiger partial charge in [-0.05, 0) is 108 Å². The zero-order valence-corrected chi connectivity index (χ0v) is 42.4. The van der Waals surface area contributed by atoms with E-state index in [1.165, 1.54) is 0 Å². The van der Waals surface area contributed by atoms with Crippen LogP contribution >= 0.6 is 0 Å². The molecule has 2 aliphatic heterocycles. The fraction of sp³-hybridized carbons (Fsp3) is 0.471. The van der Waals surface area contributed by atoms with Crippen LogP contribution in [0, 0.1) is 35.5 Å². The number of rotatable bonds is 12. The number of ether oxygens (including phenoxy) is 3. The van der Waals surface area contributed by atoms with Gasteiger partial charge in [0.1, 0.15) is 36.9 Å². The first-order chi connectivity index (χ1) is 31.4. The molecule has 15 nitrogen and oxygen atoms in total. The number of carbonyl (C=O) groups excluding carboxylic acids is 3. The summed E-state index contributed by atoms with van der Waals surface area (Å²) >= 11 is 0. The quantitative estimate of drug-likeness (QED) is 0.0673. The summed E-state index contributed by atoms with van der Waals surface area (Å²) in [4.78, 5) is 79.0. The Bertz CT molecular complexity index is 2380. The minimum atomic E-state index is -1.23. The number of benzene rings is 2. The molecule has 67 heavy (non-hydrogen) atoms. The van der Waals surface area contributed by atoms with Crippen LogP contribution in [0.3, 0.4) is 0 Å². The number of hydrogen-bond donors (Lipinski definition) is 3. The molecule has 0 radical (unpaired) electrons. The van der Waals surface area contributed by atoms with E-state index in [1.807, 2.05) is 60.7 Å². The van der Waals surface area contributed by atoms with Crippen LogP contribution in [0.1, 0.15) is 109 Å². The number of esters is 2. The van der Waals surface area contributed by atoms with Gasteiger partial charge in [-0.2, -0.15) is 4.99 Å². The summed E-state index contributed by atoms with van der Waals surface area (Å²) < 4.78 is 17.9. The monoisotopic (exact) mass is 969 g/mol. The van der Waals surface area contributed by atoms with E-state index in [2.05, 4.69) is 46.5 Å². The predicted molar refractivity (Wildman–Crippen MR) is 250 cm³/mol. The minimum absolute atomic E-state index is 0. The van der Waals surface area contributed by atoms with Gasteiger partial charge in [-0.1, -0.05) is 102 Å². The second-order valence-electron chi connectivity index (χ2n) is 18.4. The zero-order chi connectivity index (χ0) is 47.8. The number of carbonyl (C=O) groups is 5. The van der Waals surface area contributed by atoms with E-state index in [0.717, 1.165) is 32.6 Å². The minimum Gasteiger partial charge on any atom is -0.495 e. The van der Waals surface area contributed by atoms with Crippen LogP contribution in [0.2, 0.25) is 0 Å². The standard InChI is InChI=1S/C49H58N4O9.C2H4O2.Zn/c1-27-20-29(3)44(30(4)21-27)61-48(58)42-40(33-14-9-7-10-15-33)35(50-46(42)52-37(54)25-60-26-39(56)57)24-36-41(34-16-11-8-12-17-34)43(47(51-36)53-19-13-18-38(53)55)49(59)62-45-31(5)22-28(2)23-32(45)6;1-2(3)4;/h7-12,14-17,24,27-32,44-45H,13,18-23,25-26H2,1-6H3,(H3,50,51,52,54,56,57,58,59);1H3,(H,3,4);/p-1. The van der Waals surface area contributed by atoms with E-state index in [4.69, 9.17) is 39.2 Å². The van der Waals surface area contributed by atoms with Crippen molar-refractivity contribution in [1.29, 1.82) is 0 Å². The Balaban J connectivity index is 0.00000161. The van der Waals surface area contributed by atoms with Gasteiger partial charge in [-0.3, -0.25) is 9.59 Å². The van der Waals surface area contributed by atoms with Crippen molar-refractivity contribution >= 4 is 59.0 Å². The van der Waals surface area contributed by atoms with Gasteiger partial charge >= 0.3 is 17.9 Å². The molecule has 1 aromatic heterocycles. The summed E-state index contributed by atoms with van der Waals surface area (Å²) in [6.07, 6.45) is 5.44. The molecule has 3 heterocycles. The molecule has 2 saturated carbocycles. The number of aliphatic hydroxyl groups excluding tert-OH is 1. The van der Waals surface area contributed by atoms with Crippen molar-refractivity contribution in [2.45, 2.75) is 99.2 Å². The number of amidine groups is 1. The number of hydrogen-bond acceptors (Lipinski definition) is 10. The maximum absolute atomic E-state index is 14.8. The fourth-order valence-corrected chi connectivity index (χ4v) is 10.2. The van der Waals surface area contributed by atoms with Crippen LogP contribution in [0.15, 0.2) is 81.9 Å².